The highest BCUT2D eigenvalue weighted by molar-refractivity contribution is 5.90. The van der Waals surface area contributed by atoms with Crippen molar-refractivity contribution < 1.29 is 13.2 Å². The fraction of sp³-hybridized carbons (Fsp3) is 0.0952. The quantitative estimate of drug-likeness (QED) is 0.568. The predicted octanol–water partition coefficient (Wildman–Crippen LogP) is 5.09. The zero-order valence-electron chi connectivity index (χ0n) is 13.3. The SMILES string of the molecule is CCc1ccc(C#Cc2cccc3c(F)c(C#N)c(F)cc23)c(F)c1. The highest BCUT2D eigenvalue weighted by Gasteiger charge is 2.14. The van der Waals surface area contributed by atoms with Gasteiger partial charge in [-0.15, -0.1) is 0 Å². The van der Waals surface area contributed by atoms with Crippen LogP contribution < -0.4 is 0 Å². The van der Waals surface area contributed by atoms with E-state index in [9.17, 15) is 13.2 Å². The van der Waals surface area contributed by atoms with Crippen molar-refractivity contribution in [3.05, 3.63) is 82.2 Å². The normalized spacial score (nSPS) is 10.2. The highest BCUT2D eigenvalue weighted by Crippen LogP contribution is 2.26. The molecule has 0 saturated heterocycles. The zero-order valence-corrected chi connectivity index (χ0v) is 13.3. The smallest absolute Gasteiger partial charge is 0.151 e. The Balaban J connectivity index is 2.14. The number of benzene rings is 3. The molecule has 4 heteroatoms. The summed E-state index contributed by atoms with van der Waals surface area (Å²) in [5, 5.41) is 9.20. The van der Waals surface area contributed by atoms with Gasteiger partial charge in [-0.3, -0.25) is 0 Å². The van der Waals surface area contributed by atoms with Crippen molar-refractivity contribution in [3.63, 3.8) is 0 Å². The average molecular weight is 335 g/mol. The van der Waals surface area contributed by atoms with Gasteiger partial charge >= 0.3 is 0 Å². The lowest BCUT2D eigenvalue weighted by Crippen LogP contribution is -1.94. The molecule has 0 fully saturated rings. The Labute approximate surface area is 143 Å². The van der Waals surface area contributed by atoms with E-state index in [1.807, 2.05) is 6.92 Å². The van der Waals surface area contributed by atoms with E-state index in [-0.39, 0.29) is 16.3 Å². The first-order chi connectivity index (χ1) is 12.0. The second-order valence-electron chi connectivity index (χ2n) is 5.48. The van der Waals surface area contributed by atoms with E-state index in [1.165, 1.54) is 18.2 Å². The van der Waals surface area contributed by atoms with E-state index < -0.39 is 23.0 Å². The molecule has 0 saturated carbocycles. The molecule has 0 aromatic heterocycles. The molecule has 0 atom stereocenters. The predicted molar refractivity (Wildman–Crippen MR) is 90.3 cm³/mol. The van der Waals surface area contributed by atoms with Crippen LogP contribution in [0.2, 0.25) is 0 Å². The topological polar surface area (TPSA) is 23.8 Å². The van der Waals surface area contributed by atoms with Crippen LogP contribution in [-0.2, 0) is 6.42 Å². The maximum Gasteiger partial charge on any atom is 0.151 e. The number of fused-ring (bicyclic) bond motifs is 1. The molecule has 0 radical (unpaired) electrons. The molecule has 0 unspecified atom stereocenters. The van der Waals surface area contributed by atoms with Crippen LogP contribution >= 0.6 is 0 Å². The summed E-state index contributed by atoms with van der Waals surface area (Å²) in [4.78, 5) is 0. The number of rotatable bonds is 1. The molecule has 3 rings (SSSR count). The number of nitriles is 1. The maximum atomic E-state index is 14.3. The molecule has 0 bridgehead atoms. The highest BCUT2D eigenvalue weighted by atomic mass is 19.1. The lowest BCUT2D eigenvalue weighted by molar-refractivity contribution is 0.585. The average Bonchev–Trinajstić information content (AvgIpc) is 2.61. The minimum Gasteiger partial charge on any atom is -0.206 e. The van der Waals surface area contributed by atoms with Gasteiger partial charge in [-0.2, -0.15) is 5.26 Å². The summed E-state index contributed by atoms with van der Waals surface area (Å²) in [6.07, 6.45) is 0.716. The fourth-order valence-electron chi connectivity index (χ4n) is 2.58. The van der Waals surface area contributed by atoms with Gasteiger partial charge in [0.05, 0.1) is 5.56 Å². The minimum atomic E-state index is -0.944. The summed E-state index contributed by atoms with van der Waals surface area (Å²) in [5.41, 5.74) is 0.808. The van der Waals surface area contributed by atoms with Gasteiger partial charge in [0.25, 0.3) is 0 Å². The van der Waals surface area contributed by atoms with Crippen molar-refractivity contribution >= 4 is 10.8 Å². The van der Waals surface area contributed by atoms with Gasteiger partial charge < -0.3 is 0 Å². The van der Waals surface area contributed by atoms with E-state index in [2.05, 4.69) is 11.8 Å². The van der Waals surface area contributed by atoms with Gasteiger partial charge in [0, 0.05) is 16.3 Å². The summed E-state index contributed by atoms with van der Waals surface area (Å²) < 4.78 is 42.2. The summed E-state index contributed by atoms with van der Waals surface area (Å²) in [7, 11) is 0. The van der Waals surface area contributed by atoms with Gasteiger partial charge in [-0.25, -0.2) is 13.2 Å². The molecule has 3 aromatic carbocycles. The Hall–Kier alpha value is -3.24. The summed E-state index contributed by atoms with van der Waals surface area (Å²) >= 11 is 0. The third kappa shape index (κ3) is 3.07. The van der Waals surface area contributed by atoms with E-state index in [0.717, 1.165) is 11.6 Å². The molecular formula is C21H12F3N. The molecule has 0 spiro atoms. The van der Waals surface area contributed by atoms with E-state index in [1.54, 1.807) is 24.3 Å². The Bertz CT molecular complexity index is 1080. The van der Waals surface area contributed by atoms with E-state index in [0.29, 0.717) is 12.0 Å². The van der Waals surface area contributed by atoms with Crippen molar-refractivity contribution in [3.8, 4) is 17.9 Å². The van der Waals surface area contributed by atoms with Crippen molar-refractivity contribution in [2.24, 2.45) is 0 Å². The Morgan fingerprint density at radius 3 is 2.32 bits per heavy atom. The molecule has 122 valence electrons. The van der Waals surface area contributed by atoms with Crippen LogP contribution in [0.25, 0.3) is 10.8 Å². The van der Waals surface area contributed by atoms with Crippen LogP contribution in [0.5, 0.6) is 0 Å². The number of nitrogens with zero attached hydrogens (tertiary/aromatic N) is 1. The Morgan fingerprint density at radius 2 is 1.64 bits per heavy atom. The van der Waals surface area contributed by atoms with Crippen LogP contribution in [0.15, 0.2) is 42.5 Å². The van der Waals surface area contributed by atoms with Crippen molar-refractivity contribution in [1.29, 1.82) is 5.26 Å². The summed E-state index contributed by atoms with van der Waals surface area (Å²) in [6.45, 7) is 1.93. The van der Waals surface area contributed by atoms with Gasteiger partial charge in [0.2, 0.25) is 0 Å². The molecule has 0 N–H and O–H groups in total. The Morgan fingerprint density at radius 1 is 0.880 bits per heavy atom. The zero-order chi connectivity index (χ0) is 18.0. The number of aryl methyl sites for hydroxylation is 1. The first-order valence-corrected chi connectivity index (χ1v) is 7.66. The molecule has 0 aliphatic heterocycles. The minimum absolute atomic E-state index is 0.103. The summed E-state index contributed by atoms with van der Waals surface area (Å²) in [6, 6.07) is 12.0. The lowest BCUT2D eigenvalue weighted by Gasteiger charge is -2.05. The van der Waals surface area contributed by atoms with Crippen LogP contribution in [0.3, 0.4) is 0 Å². The van der Waals surface area contributed by atoms with Gasteiger partial charge in [-0.05, 0) is 36.2 Å². The third-order valence-corrected chi connectivity index (χ3v) is 3.96. The van der Waals surface area contributed by atoms with Crippen LogP contribution in [0, 0.1) is 40.6 Å². The molecule has 1 nitrogen and oxygen atoms in total. The number of hydrogen-bond donors (Lipinski definition) is 0. The van der Waals surface area contributed by atoms with E-state index >= 15 is 0 Å². The monoisotopic (exact) mass is 335 g/mol. The molecule has 3 aromatic rings. The molecule has 0 aliphatic rings. The Kier molecular flexibility index (Phi) is 4.46. The molecule has 0 aliphatic carbocycles. The van der Waals surface area contributed by atoms with E-state index in [4.69, 9.17) is 5.26 Å². The van der Waals surface area contributed by atoms with Gasteiger partial charge in [-0.1, -0.05) is 37.0 Å². The number of halogens is 3. The lowest BCUT2D eigenvalue weighted by atomic mass is 10.0. The molecule has 25 heavy (non-hydrogen) atoms. The van der Waals surface area contributed by atoms with Crippen LogP contribution in [0.1, 0.15) is 29.2 Å². The third-order valence-electron chi connectivity index (χ3n) is 3.96. The number of hydrogen-bond acceptors (Lipinski definition) is 1. The first kappa shape index (κ1) is 16.6. The first-order valence-electron chi connectivity index (χ1n) is 7.66. The molecule has 0 amide bonds. The summed E-state index contributed by atoms with van der Waals surface area (Å²) in [5.74, 6) is 3.18. The van der Waals surface area contributed by atoms with Crippen LogP contribution in [0.4, 0.5) is 13.2 Å². The standard InChI is InChI=1S/C21H12F3N/c1-2-13-6-7-15(19(22)10-13)9-8-14-4-3-5-16-17(14)11-20(23)18(12-25)21(16)24/h3-7,10-11H,2H2,1H3. The van der Waals surface area contributed by atoms with Gasteiger partial charge in [0.15, 0.2) is 5.82 Å². The van der Waals surface area contributed by atoms with Crippen molar-refractivity contribution in [2.75, 3.05) is 0 Å². The maximum absolute atomic E-state index is 14.3. The van der Waals surface area contributed by atoms with Crippen LogP contribution in [-0.4, -0.2) is 0 Å². The second kappa shape index (κ2) is 6.71. The largest absolute Gasteiger partial charge is 0.206 e. The second-order valence-corrected chi connectivity index (χ2v) is 5.48. The van der Waals surface area contributed by atoms with Crippen molar-refractivity contribution in [1.82, 2.24) is 0 Å². The molecule has 0 heterocycles. The molecular weight excluding hydrogens is 323 g/mol. The van der Waals surface area contributed by atoms with Crippen molar-refractivity contribution in [2.45, 2.75) is 13.3 Å². The van der Waals surface area contributed by atoms with Gasteiger partial charge in [0.1, 0.15) is 23.3 Å². The fourth-order valence-corrected chi connectivity index (χ4v) is 2.58.